The number of para-hydroxylation sites is 2. The van der Waals surface area contributed by atoms with Crippen LogP contribution >= 0.6 is 11.3 Å². The number of carbonyl (C=O) groups is 1. The number of rotatable bonds is 7. The van der Waals surface area contributed by atoms with E-state index in [0.29, 0.717) is 26.0 Å². The Hall–Kier alpha value is -2.40. The van der Waals surface area contributed by atoms with Crippen LogP contribution in [-0.2, 0) is 11.2 Å². The third-order valence-electron chi connectivity index (χ3n) is 3.76. The lowest BCUT2D eigenvalue weighted by Crippen LogP contribution is -2.31. The number of hydrogen-bond acceptors (Lipinski definition) is 4. The van der Waals surface area contributed by atoms with Gasteiger partial charge in [0.15, 0.2) is 0 Å². The SMILES string of the molecule is CN(CCOc1ccccc1)C(=O)CCc1nc2ccccc2s1. The summed E-state index contributed by atoms with van der Waals surface area (Å²) in [6.07, 6.45) is 1.16. The predicted molar refractivity (Wildman–Crippen MR) is 97.5 cm³/mol. The maximum Gasteiger partial charge on any atom is 0.222 e. The molecule has 1 amide bonds. The van der Waals surface area contributed by atoms with Crippen molar-refractivity contribution in [3.8, 4) is 5.75 Å². The van der Waals surface area contributed by atoms with Crippen LogP contribution in [0.15, 0.2) is 54.6 Å². The van der Waals surface area contributed by atoms with Gasteiger partial charge in [-0.25, -0.2) is 4.98 Å². The van der Waals surface area contributed by atoms with E-state index >= 15 is 0 Å². The molecule has 0 spiro atoms. The van der Waals surface area contributed by atoms with Crippen LogP contribution in [0.2, 0.25) is 0 Å². The van der Waals surface area contributed by atoms with Gasteiger partial charge in [-0.05, 0) is 24.3 Å². The topological polar surface area (TPSA) is 42.4 Å². The van der Waals surface area contributed by atoms with Gasteiger partial charge >= 0.3 is 0 Å². The highest BCUT2D eigenvalue weighted by molar-refractivity contribution is 7.18. The second-order valence-electron chi connectivity index (χ2n) is 5.55. The first-order valence-corrected chi connectivity index (χ1v) is 8.80. The second-order valence-corrected chi connectivity index (χ2v) is 6.67. The van der Waals surface area contributed by atoms with Gasteiger partial charge in [-0.15, -0.1) is 11.3 Å². The lowest BCUT2D eigenvalue weighted by Gasteiger charge is -2.17. The third kappa shape index (κ3) is 4.32. The molecular weight excluding hydrogens is 320 g/mol. The Kier molecular flexibility index (Phi) is 5.43. The molecule has 0 aliphatic heterocycles. The first-order chi connectivity index (χ1) is 11.7. The van der Waals surface area contributed by atoms with E-state index in [1.165, 1.54) is 4.70 Å². The van der Waals surface area contributed by atoms with Crippen molar-refractivity contribution >= 4 is 27.5 Å². The number of ether oxygens (including phenoxy) is 1. The number of benzene rings is 2. The molecule has 5 heteroatoms. The van der Waals surface area contributed by atoms with E-state index in [9.17, 15) is 4.79 Å². The molecule has 2 aromatic carbocycles. The Labute approximate surface area is 145 Å². The van der Waals surface area contributed by atoms with Crippen molar-refractivity contribution in [2.75, 3.05) is 20.2 Å². The van der Waals surface area contributed by atoms with E-state index in [2.05, 4.69) is 11.1 Å². The van der Waals surface area contributed by atoms with E-state index in [1.54, 1.807) is 16.2 Å². The minimum atomic E-state index is 0.117. The highest BCUT2D eigenvalue weighted by Gasteiger charge is 2.11. The summed E-state index contributed by atoms with van der Waals surface area (Å²) in [5.74, 6) is 0.943. The van der Waals surface area contributed by atoms with Crippen LogP contribution in [-0.4, -0.2) is 36.0 Å². The quantitative estimate of drug-likeness (QED) is 0.657. The number of aromatic nitrogens is 1. The van der Waals surface area contributed by atoms with Crippen LogP contribution < -0.4 is 4.74 Å². The third-order valence-corrected chi connectivity index (χ3v) is 4.85. The molecule has 0 atom stereocenters. The fraction of sp³-hybridized carbons (Fsp3) is 0.263. The molecule has 4 nitrogen and oxygen atoms in total. The van der Waals surface area contributed by atoms with Crippen LogP contribution in [0.25, 0.3) is 10.2 Å². The Morgan fingerprint density at radius 3 is 2.67 bits per heavy atom. The molecule has 0 radical (unpaired) electrons. The normalized spacial score (nSPS) is 10.7. The van der Waals surface area contributed by atoms with Crippen LogP contribution in [0.4, 0.5) is 0 Å². The van der Waals surface area contributed by atoms with Crippen LogP contribution in [0, 0.1) is 0 Å². The first kappa shape index (κ1) is 16.5. The summed E-state index contributed by atoms with van der Waals surface area (Å²) >= 11 is 1.66. The number of likely N-dealkylation sites (N-methyl/N-ethyl adjacent to an activating group) is 1. The van der Waals surface area contributed by atoms with Crippen molar-refractivity contribution in [3.63, 3.8) is 0 Å². The summed E-state index contributed by atoms with van der Waals surface area (Å²) in [6, 6.07) is 17.7. The predicted octanol–water partition coefficient (Wildman–Crippen LogP) is 3.77. The second kappa shape index (κ2) is 7.93. The molecule has 0 aliphatic carbocycles. The molecule has 24 heavy (non-hydrogen) atoms. The fourth-order valence-electron chi connectivity index (χ4n) is 2.37. The number of amides is 1. The Bertz CT molecular complexity index is 768. The van der Waals surface area contributed by atoms with Crippen molar-refractivity contribution in [2.24, 2.45) is 0 Å². The minimum absolute atomic E-state index is 0.117. The number of fused-ring (bicyclic) bond motifs is 1. The van der Waals surface area contributed by atoms with E-state index < -0.39 is 0 Å². The summed E-state index contributed by atoms with van der Waals surface area (Å²) < 4.78 is 6.80. The lowest BCUT2D eigenvalue weighted by molar-refractivity contribution is -0.130. The van der Waals surface area contributed by atoms with Gasteiger partial charge in [-0.2, -0.15) is 0 Å². The highest BCUT2D eigenvalue weighted by atomic mass is 32.1. The van der Waals surface area contributed by atoms with E-state index in [1.807, 2.05) is 55.6 Å². The first-order valence-electron chi connectivity index (χ1n) is 7.98. The van der Waals surface area contributed by atoms with Crippen molar-refractivity contribution in [3.05, 3.63) is 59.6 Å². The van der Waals surface area contributed by atoms with E-state index in [4.69, 9.17) is 4.74 Å². The Morgan fingerprint density at radius 2 is 1.88 bits per heavy atom. The molecule has 1 heterocycles. The molecule has 124 valence electrons. The molecule has 0 saturated carbocycles. The zero-order chi connectivity index (χ0) is 16.8. The summed E-state index contributed by atoms with van der Waals surface area (Å²) in [5.41, 5.74) is 1.01. The summed E-state index contributed by atoms with van der Waals surface area (Å²) in [5, 5.41) is 1.01. The van der Waals surface area contributed by atoms with Crippen molar-refractivity contribution in [1.29, 1.82) is 0 Å². The number of carbonyl (C=O) groups excluding carboxylic acids is 1. The highest BCUT2D eigenvalue weighted by Crippen LogP contribution is 2.22. The maximum atomic E-state index is 12.2. The zero-order valence-electron chi connectivity index (χ0n) is 13.6. The molecule has 3 aromatic rings. The van der Waals surface area contributed by atoms with Gasteiger partial charge in [0.2, 0.25) is 5.91 Å². The molecule has 0 saturated heterocycles. The van der Waals surface area contributed by atoms with Gasteiger partial charge in [0, 0.05) is 19.9 Å². The average molecular weight is 340 g/mol. The molecule has 3 rings (SSSR count). The Balaban J connectivity index is 1.44. The fourth-order valence-corrected chi connectivity index (χ4v) is 3.34. The van der Waals surface area contributed by atoms with Gasteiger partial charge in [0.05, 0.1) is 21.8 Å². The lowest BCUT2D eigenvalue weighted by atomic mass is 10.3. The molecule has 0 unspecified atom stereocenters. The molecule has 0 fully saturated rings. The summed E-state index contributed by atoms with van der Waals surface area (Å²) in [6.45, 7) is 1.07. The number of aryl methyl sites for hydroxylation is 1. The van der Waals surface area contributed by atoms with Gasteiger partial charge in [0.1, 0.15) is 12.4 Å². The molecule has 0 bridgehead atoms. The molecule has 0 aliphatic rings. The standard InChI is InChI=1S/C19H20N2O2S/c1-21(13-14-23-15-7-3-2-4-8-15)19(22)12-11-18-20-16-9-5-6-10-17(16)24-18/h2-10H,11-14H2,1H3. The van der Waals surface area contributed by atoms with Crippen LogP contribution in [0.1, 0.15) is 11.4 Å². The summed E-state index contributed by atoms with van der Waals surface area (Å²) in [7, 11) is 1.81. The molecule has 0 N–H and O–H groups in total. The summed E-state index contributed by atoms with van der Waals surface area (Å²) in [4.78, 5) is 18.5. The average Bonchev–Trinajstić information content (AvgIpc) is 3.03. The van der Waals surface area contributed by atoms with Gasteiger partial charge in [-0.3, -0.25) is 4.79 Å². The minimum Gasteiger partial charge on any atom is -0.492 e. The number of hydrogen-bond donors (Lipinski definition) is 0. The van der Waals surface area contributed by atoms with Gasteiger partial charge in [-0.1, -0.05) is 30.3 Å². The van der Waals surface area contributed by atoms with Crippen LogP contribution in [0.5, 0.6) is 5.75 Å². The van der Waals surface area contributed by atoms with Gasteiger partial charge in [0.25, 0.3) is 0 Å². The monoisotopic (exact) mass is 340 g/mol. The van der Waals surface area contributed by atoms with E-state index in [0.717, 1.165) is 16.3 Å². The maximum absolute atomic E-state index is 12.2. The largest absolute Gasteiger partial charge is 0.492 e. The van der Waals surface area contributed by atoms with E-state index in [-0.39, 0.29) is 5.91 Å². The van der Waals surface area contributed by atoms with Gasteiger partial charge < -0.3 is 9.64 Å². The zero-order valence-corrected chi connectivity index (χ0v) is 14.5. The number of nitrogens with zero attached hydrogens (tertiary/aromatic N) is 2. The van der Waals surface area contributed by atoms with Crippen LogP contribution in [0.3, 0.4) is 0 Å². The molecular formula is C19H20N2O2S. The smallest absolute Gasteiger partial charge is 0.222 e. The number of thiazole rings is 1. The Morgan fingerprint density at radius 1 is 1.12 bits per heavy atom. The van der Waals surface area contributed by atoms with Crippen molar-refractivity contribution in [2.45, 2.75) is 12.8 Å². The molecule has 1 aromatic heterocycles. The van der Waals surface area contributed by atoms with Crippen molar-refractivity contribution in [1.82, 2.24) is 9.88 Å². The van der Waals surface area contributed by atoms with Crippen molar-refractivity contribution < 1.29 is 9.53 Å².